The van der Waals surface area contributed by atoms with Crippen LogP contribution >= 0.6 is 0 Å². The quantitative estimate of drug-likeness (QED) is 0.782. The number of urea groups is 1. The summed E-state index contributed by atoms with van der Waals surface area (Å²) in [5.74, 6) is 0.797. The van der Waals surface area contributed by atoms with Gasteiger partial charge in [-0.25, -0.2) is 4.79 Å². The third kappa shape index (κ3) is 4.43. The number of aryl methyl sites for hydroxylation is 2. The van der Waals surface area contributed by atoms with E-state index >= 15 is 0 Å². The van der Waals surface area contributed by atoms with Crippen LogP contribution in [-0.2, 0) is 0 Å². The molecule has 1 fully saturated rings. The zero-order chi connectivity index (χ0) is 18.7. The van der Waals surface area contributed by atoms with Crippen LogP contribution in [0.15, 0.2) is 42.6 Å². The number of carbonyl (C=O) groups is 1. The van der Waals surface area contributed by atoms with Gasteiger partial charge in [0, 0.05) is 6.20 Å². The summed E-state index contributed by atoms with van der Waals surface area (Å²) >= 11 is 0. The molecule has 0 bridgehead atoms. The Hall–Kier alpha value is -2.36. The first-order valence-corrected chi connectivity index (χ1v) is 9.51. The molecule has 1 aliphatic rings. The average Bonchev–Trinajstić information content (AvgIpc) is 3.44. The van der Waals surface area contributed by atoms with Crippen LogP contribution in [0.5, 0.6) is 0 Å². The van der Waals surface area contributed by atoms with Crippen molar-refractivity contribution in [3.05, 3.63) is 65.0 Å². The number of aromatic nitrogens is 1. The number of carbonyl (C=O) groups excluding carboxylic acids is 1. The zero-order valence-electron chi connectivity index (χ0n) is 16.1. The number of hydrogen-bond donors (Lipinski definition) is 2. The Morgan fingerprint density at radius 1 is 1.08 bits per heavy atom. The molecule has 4 heteroatoms. The van der Waals surface area contributed by atoms with Gasteiger partial charge >= 0.3 is 6.03 Å². The standard InChI is InChI=1S/C22H29N3O/c1-14(2)19(20-16(4)6-5-13-23-20)24-22(26)25-21(18-11-12-18)17-9-7-15(3)8-10-17/h5-10,13-14,18-19,21H,11-12H2,1-4H3,(H2,24,25,26). The Morgan fingerprint density at radius 2 is 1.77 bits per heavy atom. The molecule has 4 nitrogen and oxygen atoms in total. The molecule has 138 valence electrons. The second-order valence-electron chi connectivity index (χ2n) is 7.77. The van der Waals surface area contributed by atoms with Gasteiger partial charge < -0.3 is 10.6 Å². The van der Waals surface area contributed by atoms with Crippen molar-refractivity contribution in [1.29, 1.82) is 0 Å². The summed E-state index contributed by atoms with van der Waals surface area (Å²) < 4.78 is 0. The van der Waals surface area contributed by atoms with Gasteiger partial charge in [-0.15, -0.1) is 0 Å². The van der Waals surface area contributed by atoms with E-state index in [2.05, 4.69) is 60.7 Å². The van der Waals surface area contributed by atoms with E-state index in [1.807, 2.05) is 19.1 Å². The third-order valence-electron chi connectivity index (χ3n) is 5.11. The van der Waals surface area contributed by atoms with Crippen molar-refractivity contribution in [2.24, 2.45) is 11.8 Å². The molecule has 1 heterocycles. The summed E-state index contributed by atoms with van der Waals surface area (Å²) in [6.45, 7) is 8.34. The minimum Gasteiger partial charge on any atom is -0.331 e. The molecule has 0 spiro atoms. The molecule has 0 radical (unpaired) electrons. The monoisotopic (exact) mass is 351 g/mol. The predicted octanol–water partition coefficient (Wildman–Crippen LogP) is 4.85. The minimum absolute atomic E-state index is 0.0771. The highest BCUT2D eigenvalue weighted by Crippen LogP contribution is 2.41. The van der Waals surface area contributed by atoms with E-state index in [1.165, 1.54) is 24.0 Å². The van der Waals surface area contributed by atoms with Crippen LogP contribution in [0.25, 0.3) is 0 Å². The molecule has 1 aliphatic carbocycles. The first-order chi connectivity index (χ1) is 12.5. The molecule has 1 aromatic carbocycles. The maximum absolute atomic E-state index is 12.8. The van der Waals surface area contributed by atoms with Crippen molar-refractivity contribution in [2.45, 2.75) is 52.6 Å². The fraction of sp³-hybridized carbons (Fsp3) is 0.455. The topological polar surface area (TPSA) is 54.0 Å². The van der Waals surface area contributed by atoms with Crippen LogP contribution in [0.3, 0.4) is 0 Å². The lowest BCUT2D eigenvalue weighted by Gasteiger charge is -2.26. The van der Waals surface area contributed by atoms with E-state index in [-0.39, 0.29) is 24.0 Å². The van der Waals surface area contributed by atoms with Gasteiger partial charge in [0.25, 0.3) is 0 Å². The first kappa shape index (κ1) is 18.4. The van der Waals surface area contributed by atoms with Crippen molar-refractivity contribution >= 4 is 6.03 Å². The molecule has 2 amide bonds. The zero-order valence-corrected chi connectivity index (χ0v) is 16.1. The van der Waals surface area contributed by atoms with E-state index in [1.54, 1.807) is 6.20 Å². The van der Waals surface area contributed by atoms with Crippen molar-refractivity contribution < 1.29 is 4.79 Å². The van der Waals surface area contributed by atoms with Crippen LogP contribution in [0.1, 0.15) is 61.2 Å². The molecule has 26 heavy (non-hydrogen) atoms. The van der Waals surface area contributed by atoms with Crippen molar-refractivity contribution in [3.63, 3.8) is 0 Å². The van der Waals surface area contributed by atoms with Crippen LogP contribution in [0, 0.1) is 25.7 Å². The largest absolute Gasteiger partial charge is 0.331 e. The van der Waals surface area contributed by atoms with E-state index in [9.17, 15) is 4.79 Å². The van der Waals surface area contributed by atoms with E-state index < -0.39 is 0 Å². The van der Waals surface area contributed by atoms with Gasteiger partial charge in [-0.2, -0.15) is 0 Å². The second kappa shape index (κ2) is 7.90. The Kier molecular flexibility index (Phi) is 5.60. The summed E-state index contributed by atoms with van der Waals surface area (Å²) in [6, 6.07) is 12.3. The Labute approximate surface area is 156 Å². The first-order valence-electron chi connectivity index (χ1n) is 9.51. The number of rotatable bonds is 6. The van der Waals surface area contributed by atoms with Gasteiger partial charge in [-0.3, -0.25) is 4.98 Å². The number of hydrogen-bond acceptors (Lipinski definition) is 2. The summed E-state index contributed by atoms with van der Waals surface area (Å²) in [7, 11) is 0. The molecular formula is C22H29N3O. The lowest BCUT2D eigenvalue weighted by Crippen LogP contribution is -2.42. The second-order valence-corrected chi connectivity index (χ2v) is 7.77. The molecular weight excluding hydrogens is 322 g/mol. The Morgan fingerprint density at radius 3 is 2.35 bits per heavy atom. The normalized spacial score (nSPS) is 16.2. The summed E-state index contributed by atoms with van der Waals surface area (Å²) in [5.41, 5.74) is 4.46. The van der Waals surface area contributed by atoms with Crippen molar-refractivity contribution in [3.8, 4) is 0 Å². The highest BCUT2D eigenvalue weighted by Gasteiger charge is 2.34. The molecule has 3 rings (SSSR count). The molecule has 2 unspecified atom stereocenters. The predicted molar refractivity (Wildman–Crippen MR) is 105 cm³/mol. The van der Waals surface area contributed by atoms with Crippen LogP contribution in [-0.4, -0.2) is 11.0 Å². The highest BCUT2D eigenvalue weighted by atomic mass is 16.2. The Bertz CT molecular complexity index is 750. The van der Waals surface area contributed by atoms with E-state index in [4.69, 9.17) is 0 Å². The van der Waals surface area contributed by atoms with Crippen LogP contribution < -0.4 is 10.6 Å². The maximum Gasteiger partial charge on any atom is 0.315 e. The Balaban J connectivity index is 1.73. The number of benzene rings is 1. The van der Waals surface area contributed by atoms with Crippen molar-refractivity contribution in [1.82, 2.24) is 15.6 Å². The number of nitrogens with zero attached hydrogens (tertiary/aromatic N) is 1. The molecule has 1 saturated carbocycles. The van der Waals surface area contributed by atoms with E-state index in [0.717, 1.165) is 11.3 Å². The highest BCUT2D eigenvalue weighted by molar-refractivity contribution is 5.75. The van der Waals surface area contributed by atoms with Gasteiger partial charge in [0.15, 0.2) is 0 Å². The maximum atomic E-state index is 12.8. The van der Waals surface area contributed by atoms with Gasteiger partial charge in [0.1, 0.15) is 0 Å². The fourth-order valence-corrected chi connectivity index (χ4v) is 3.38. The molecule has 1 aromatic heterocycles. The molecule has 2 aromatic rings. The lowest BCUT2D eigenvalue weighted by atomic mass is 9.97. The van der Waals surface area contributed by atoms with Crippen LogP contribution in [0.2, 0.25) is 0 Å². The van der Waals surface area contributed by atoms with Gasteiger partial charge in [0.2, 0.25) is 0 Å². The fourth-order valence-electron chi connectivity index (χ4n) is 3.38. The summed E-state index contributed by atoms with van der Waals surface area (Å²) in [6.07, 6.45) is 4.13. The average molecular weight is 351 g/mol. The molecule has 2 atom stereocenters. The van der Waals surface area contributed by atoms with Gasteiger partial charge in [-0.05, 0) is 55.7 Å². The van der Waals surface area contributed by atoms with Crippen molar-refractivity contribution in [2.75, 3.05) is 0 Å². The lowest BCUT2D eigenvalue weighted by molar-refractivity contribution is 0.227. The van der Waals surface area contributed by atoms with Gasteiger partial charge in [0.05, 0.1) is 17.8 Å². The number of nitrogens with one attached hydrogen (secondary N) is 2. The smallest absolute Gasteiger partial charge is 0.315 e. The molecule has 2 N–H and O–H groups in total. The third-order valence-corrected chi connectivity index (χ3v) is 5.11. The number of amides is 2. The summed E-state index contributed by atoms with van der Waals surface area (Å²) in [4.78, 5) is 17.3. The summed E-state index contributed by atoms with van der Waals surface area (Å²) in [5, 5.41) is 6.37. The van der Waals surface area contributed by atoms with Crippen LogP contribution in [0.4, 0.5) is 4.79 Å². The van der Waals surface area contributed by atoms with Gasteiger partial charge in [-0.1, -0.05) is 49.7 Å². The molecule has 0 saturated heterocycles. The minimum atomic E-state index is -0.119. The molecule has 0 aliphatic heterocycles. The number of pyridine rings is 1. The van der Waals surface area contributed by atoms with E-state index in [0.29, 0.717) is 5.92 Å². The SMILES string of the molecule is Cc1ccc(C(NC(=O)NC(c2ncccc2C)C(C)C)C2CC2)cc1.